The van der Waals surface area contributed by atoms with Gasteiger partial charge in [-0.15, -0.1) is 0 Å². The zero-order valence-corrected chi connectivity index (χ0v) is 7.85. The molecule has 0 aromatic heterocycles. The van der Waals surface area contributed by atoms with E-state index in [2.05, 4.69) is 54.2 Å². The van der Waals surface area contributed by atoms with Crippen LogP contribution in [0.15, 0.2) is 0 Å². The molecule has 10 heavy (non-hydrogen) atoms. The molecule has 0 aromatic rings. The number of hydrogen-bond acceptors (Lipinski definition) is 1. The van der Waals surface area contributed by atoms with Crippen molar-refractivity contribution in [3.05, 3.63) is 30.0 Å². The van der Waals surface area contributed by atoms with Crippen LogP contribution < -0.4 is 0 Å². The maximum atomic E-state index is 3.47. The molecule has 0 heterocycles. The van der Waals surface area contributed by atoms with E-state index in [4.69, 9.17) is 0 Å². The van der Waals surface area contributed by atoms with E-state index in [1.54, 1.807) is 0 Å². The Balaban J connectivity index is 2.26. The van der Waals surface area contributed by atoms with Gasteiger partial charge in [-0.1, -0.05) is 15.9 Å². The highest BCUT2D eigenvalue weighted by Gasteiger charge is 2.26. The first-order chi connectivity index (χ1) is 4.70. The quantitative estimate of drug-likeness (QED) is 0.656. The first-order valence-electron chi connectivity index (χ1n) is 3.25. The lowest BCUT2D eigenvalue weighted by molar-refractivity contribution is 0.431. The van der Waals surface area contributed by atoms with Gasteiger partial charge in [0, 0.05) is 12.5 Å². The molecular weight excluding hydrogens is 190 g/mol. The van der Waals surface area contributed by atoms with Gasteiger partial charge in [-0.25, -0.2) is 0 Å². The van der Waals surface area contributed by atoms with Crippen LogP contribution >= 0.6 is 15.9 Å². The molecule has 0 saturated heterocycles. The Bertz CT molecular complexity index is 103. The molecule has 1 aliphatic rings. The summed E-state index contributed by atoms with van der Waals surface area (Å²) in [4.78, 5) is 3.36. The molecule has 5 radical (unpaired) electrons. The van der Waals surface area contributed by atoms with Crippen LogP contribution in [-0.4, -0.2) is 25.5 Å². The average molecular weight is 201 g/mol. The van der Waals surface area contributed by atoms with E-state index in [0.29, 0.717) is 0 Å². The number of hydrogen-bond donors (Lipinski definition) is 0. The summed E-state index contributed by atoms with van der Waals surface area (Å²) in [7, 11) is 4.14. The van der Waals surface area contributed by atoms with Crippen LogP contribution in [-0.2, 0) is 0 Å². The molecule has 0 spiro atoms. The SMILES string of the molecule is CN(C)C[C]1[CH][CH][CH][C]1Br. The molecule has 2 heteroatoms. The fourth-order valence-corrected chi connectivity index (χ4v) is 1.31. The molecule has 0 N–H and O–H groups in total. The lowest BCUT2D eigenvalue weighted by Crippen LogP contribution is -2.20. The maximum absolute atomic E-state index is 3.47. The minimum atomic E-state index is 1.01. The van der Waals surface area contributed by atoms with E-state index in [1.165, 1.54) is 10.7 Å². The van der Waals surface area contributed by atoms with Crippen LogP contribution in [0.25, 0.3) is 0 Å². The fourth-order valence-electron chi connectivity index (χ4n) is 0.904. The van der Waals surface area contributed by atoms with Crippen LogP contribution in [0.2, 0.25) is 0 Å². The standard InChI is InChI=1S/C8H11BrN/c1-10(2)6-7-4-3-5-8(7)9/h3-5H,6H2,1-2H3. The van der Waals surface area contributed by atoms with Crippen molar-refractivity contribution in [2.75, 3.05) is 20.6 Å². The van der Waals surface area contributed by atoms with Gasteiger partial charge < -0.3 is 4.90 Å². The highest BCUT2D eigenvalue weighted by Crippen LogP contribution is 2.37. The summed E-state index contributed by atoms with van der Waals surface area (Å²) in [5, 5.41) is 0. The lowest BCUT2D eigenvalue weighted by Gasteiger charge is -2.16. The summed E-state index contributed by atoms with van der Waals surface area (Å²) in [6.45, 7) is 1.01. The van der Waals surface area contributed by atoms with Crippen LogP contribution in [0.4, 0.5) is 0 Å². The molecule has 1 aliphatic carbocycles. The second-order valence-corrected chi connectivity index (χ2v) is 3.49. The second kappa shape index (κ2) is 3.72. The Kier molecular flexibility index (Phi) is 3.18. The fraction of sp³-hybridized carbons (Fsp3) is 0.375. The Morgan fingerprint density at radius 3 is 2.50 bits per heavy atom. The van der Waals surface area contributed by atoms with Gasteiger partial charge in [0.25, 0.3) is 0 Å². The van der Waals surface area contributed by atoms with Gasteiger partial charge in [-0.3, -0.25) is 0 Å². The van der Waals surface area contributed by atoms with E-state index in [9.17, 15) is 0 Å². The summed E-state index contributed by atoms with van der Waals surface area (Å²) >= 11 is 3.47. The first-order valence-corrected chi connectivity index (χ1v) is 4.04. The Hall–Kier alpha value is 0.440. The lowest BCUT2D eigenvalue weighted by atomic mass is 10.1. The molecule has 0 aromatic carbocycles. The van der Waals surface area contributed by atoms with Crippen molar-refractivity contribution in [3.63, 3.8) is 0 Å². The molecular formula is C8H11BrN. The van der Waals surface area contributed by atoms with Gasteiger partial charge in [0.1, 0.15) is 0 Å². The van der Waals surface area contributed by atoms with Crippen LogP contribution in [0.1, 0.15) is 0 Å². The third-order valence-electron chi connectivity index (χ3n) is 1.33. The summed E-state index contributed by atoms with van der Waals surface area (Å²) in [5.74, 6) is 1.35. The molecule has 0 unspecified atom stereocenters. The monoisotopic (exact) mass is 200 g/mol. The topological polar surface area (TPSA) is 3.24 Å². The molecule has 1 fully saturated rings. The molecule has 1 rings (SSSR count). The molecule has 1 nitrogen and oxygen atoms in total. The van der Waals surface area contributed by atoms with Crippen molar-refractivity contribution in [1.82, 2.24) is 4.90 Å². The van der Waals surface area contributed by atoms with Gasteiger partial charge in [0.05, 0.1) is 4.83 Å². The molecule has 0 atom stereocenters. The van der Waals surface area contributed by atoms with Gasteiger partial charge in [0.2, 0.25) is 0 Å². The normalized spacial score (nSPS) is 22.8. The minimum absolute atomic E-state index is 1.01. The smallest absolute Gasteiger partial charge is 0.0531 e. The number of halogens is 1. The summed E-state index contributed by atoms with van der Waals surface area (Å²) < 4.78 is 0. The van der Waals surface area contributed by atoms with Gasteiger partial charge in [0.15, 0.2) is 0 Å². The Morgan fingerprint density at radius 1 is 1.40 bits per heavy atom. The highest BCUT2D eigenvalue weighted by molar-refractivity contribution is 9.11. The molecule has 1 saturated carbocycles. The Morgan fingerprint density at radius 2 is 2.10 bits per heavy atom. The van der Waals surface area contributed by atoms with E-state index in [-0.39, 0.29) is 0 Å². The van der Waals surface area contributed by atoms with Crippen molar-refractivity contribution in [3.8, 4) is 0 Å². The van der Waals surface area contributed by atoms with Gasteiger partial charge in [-0.2, -0.15) is 0 Å². The van der Waals surface area contributed by atoms with E-state index in [0.717, 1.165) is 6.54 Å². The van der Waals surface area contributed by atoms with E-state index >= 15 is 0 Å². The summed E-state index contributed by atoms with van der Waals surface area (Å²) in [5.41, 5.74) is 0. The first kappa shape index (κ1) is 8.54. The van der Waals surface area contributed by atoms with Crippen LogP contribution in [0.5, 0.6) is 0 Å². The third-order valence-corrected chi connectivity index (χ3v) is 2.11. The predicted octanol–water partition coefficient (Wildman–Crippen LogP) is 1.68. The van der Waals surface area contributed by atoms with E-state index in [1.807, 2.05) is 0 Å². The minimum Gasteiger partial charge on any atom is -0.309 e. The van der Waals surface area contributed by atoms with Crippen molar-refractivity contribution < 1.29 is 0 Å². The summed E-state index contributed by atoms with van der Waals surface area (Å²) in [6.07, 6.45) is 6.26. The van der Waals surface area contributed by atoms with Crippen molar-refractivity contribution in [2.45, 2.75) is 0 Å². The zero-order chi connectivity index (χ0) is 7.56. The van der Waals surface area contributed by atoms with Crippen molar-refractivity contribution in [1.29, 1.82) is 0 Å². The largest absolute Gasteiger partial charge is 0.309 e. The molecule has 0 aliphatic heterocycles. The van der Waals surface area contributed by atoms with E-state index < -0.39 is 0 Å². The van der Waals surface area contributed by atoms with Crippen LogP contribution in [0.3, 0.4) is 0 Å². The Labute approximate surface area is 71.9 Å². The molecule has 55 valence electrons. The second-order valence-electron chi connectivity index (χ2n) is 2.64. The zero-order valence-electron chi connectivity index (χ0n) is 6.26. The van der Waals surface area contributed by atoms with Crippen molar-refractivity contribution >= 4 is 15.9 Å². The predicted molar refractivity (Wildman–Crippen MR) is 46.9 cm³/mol. The van der Waals surface area contributed by atoms with Crippen molar-refractivity contribution in [2.24, 2.45) is 0 Å². The number of nitrogens with zero attached hydrogens (tertiary/aromatic N) is 1. The number of rotatable bonds is 2. The average Bonchev–Trinajstić information content (AvgIpc) is 2.15. The van der Waals surface area contributed by atoms with Crippen LogP contribution in [0, 0.1) is 30.0 Å². The van der Waals surface area contributed by atoms with Gasteiger partial charge in [-0.05, 0) is 33.4 Å². The van der Waals surface area contributed by atoms with Gasteiger partial charge >= 0.3 is 0 Å². The molecule has 0 bridgehead atoms. The molecule has 0 amide bonds. The highest BCUT2D eigenvalue weighted by atomic mass is 79.9. The summed E-state index contributed by atoms with van der Waals surface area (Å²) in [6, 6.07) is 0. The third kappa shape index (κ3) is 2.24. The maximum Gasteiger partial charge on any atom is 0.0531 e.